The van der Waals surface area contributed by atoms with Crippen LogP contribution in [0.5, 0.6) is 5.75 Å². The Hall–Kier alpha value is -2.34. The van der Waals surface area contributed by atoms with Crippen LogP contribution < -0.4 is 15.8 Å². The molecule has 1 saturated carbocycles. The van der Waals surface area contributed by atoms with Gasteiger partial charge in [-0.15, -0.1) is 0 Å². The van der Waals surface area contributed by atoms with Crippen molar-refractivity contribution in [1.82, 2.24) is 15.5 Å². The van der Waals surface area contributed by atoms with Crippen LogP contribution in [0.4, 0.5) is 0 Å². The summed E-state index contributed by atoms with van der Waals surface area (Å²) in [4.78, 5) is 12.4. The molecule has 4 N–H and O–H groups in total. The summed E-state index contributed by atoms with van der Waals surface area (Å²) in [5, 5.41) is 9.94. The average Bonchev–Trinajstić information content (AvgIpc) is 3.29. The minimum absolute atomic E-state index is 0.0334. The van der Waals surface area contributed by atoms with Crippen molar-refractivity contribution in [1.29, 1.82) is 0 Å². The highest BCUT2D eigenvalue weighted by Gasteiger charge is 2.44. The van der Waals surface area contributed by atoms with E-state index in [9.17, 15) is 4.79 Å². The third-order valence-corrected chi connectivity index (χ3v) is 4.66. The second kappa shape index (κ2) is 6.65. The number of ether oxygens (including phenoxy) is 1. The molecule has 3 rings (SSSR count). The summed E-state index contributed by atoms with van der Waals surface area (Å²) < 4.78 is 5.84. The first-order valence-electron chi connectivity index (χ1n) is 8.23. The van der Waals surface area contributed by atoms with Gasteiger partial charge in [-0.25, -0.2) is 0 Å². The number of carbonyl (C=O) groups excluding carboxylic acids is 1. The van der Waals surface area contributed by atoms with Gasteiger partial charge in [0.05, 0.1) is 12.3 Å². The molecule has 1 aliphatic rings. The van der Waals surface area contributed by atoms with E-state index in [0.29, 0.717) is 13.2 Å². The number of carbonyl (C=O) groups is 1. The van der Waals surface area contributed by atoms with Crippen LogP contribution in [0.3, 0.4) is 0 Å². The fourth-order valence-electron chi connectivity index (χ4n) is 2.84. The molecule has 6 nitrogen and oxygen atoms in total. The lowest BCUT2D eigenvalue weighted by molar-refractivity contribution is -0.122. The van der Waals surface area contributed by atoms with Crippen molar-refractivity contribution in [3.05, 3.63) is 47.3 Å². The molecule has 2 aromatic rings. The van der Waals surface area contributed by atoms with Crippen LogP contribution in [0, 0.1) is 19.3 Å². The smallest absolute Gasteiger partial charge is 0.241 e. The number of aryl methyl sites for hydroxylation is 2. The van der Waals surface area contributed by atoms with Gasteiger partial charge in [-0.3, -0.25) is 9.89 Å². The van der Waals surface area contributed by atoms with E-state index < -0.39 is 6.04 Å². The molecule has 1 fully saturated rings. The Morgan fingerprint density at radius 2 is 2.08 bits per heavy atom. The number of aromatic nitrogens is 2. The quantitative estimate of drug-likeness (QED) is 0.725. The predicted molar refractivity (Wildman–Crippen MR) is 91.6 cm³/mol. The summed E-state index contributed by atoms with van der Waals surface area (Å²) in [5.74, 6) is 0.685. The Labute approximate surface area is 141 Å². The van der Waals surface area contributed by atoms with Crippen LogP contribution in [0.2, 0.25) is 0 Å². The molecule has 1 heterocycles. The van der Waals surface area contributed by atoms with Gasteiger partial charge in [0, 0.05) is 23.2 Å². The van der Waals surface area contributed by atoms with E-state index in [4.69, 9.17) is 10.5 Å². The van der Waals surface area contributed by atoms with Gasteiger partial charge >= 0.3 is 0 Å². The van der Waals surface area contributed by atoms with Crippen molar-refractivity contribution in [2.45, 2.75) is 32.7 Å². The van der Waals surface area contributed by atoms with Gasteiger partial charge in [-0.05, 0) is 38.8 Å². The number of nitrogens with two attached hydrogens (primary N) is 1. The van der Waals surface area contributed by atoms with Crippen LogP contribution >= 0.6 is 0 Å². The molecule has 1 aromatic carbocycles. The number of hydrogen-bond donors (Lipinski definition) is 3. The number of aromatic amines is 1. The van der Waals surface area contributed by atoms with Crippen LogP contribution in [-0.4, -0.2) is 29.3 Å². The number of para-hydroxylation sites is 1. The number of amides is 1. The second-order valence-corrected chi connectivity index (χ2v) is 6.64. The standard InChI is InChI=1S/C18H24N4O2/c1-12-15(13(2)22-21-12)16(19)17(23)20-10-18(8-9-18)11-24-14-6-4-3-5-7-14/h3-7,16H,8-11,19H2,1-2H3,(H,20,23)(H,21,22). The van der Waals surface area contributed by atoms with E-state index in [1.165, 1.54) is 0 Å². The number of hydrogen-bond acceptors (Lipinski definition) is 4. The Balaban J connectivity index is 1.52. The number of nitrogens with zero attached hydrogens (tertiary/aromatic N) is 1. The van der Waals surface area contributed by atoms with Crippen molar-refractivity contribution in [3.63, 3.8) is 0 Å². The summed E-state index contributed by atoms with van der Waals surface area (Å²) >= 11 is 0. The highest BCUT2D eigenvalue weighted by Crippen LogP contribution is 2.45. The highest BCUT2D eigenvalue weighted by atomic mass is 16.5. The van der Waals surface area contributed by atoms with Gasteiger partial charge in [0.1, 0.15) is 11.8 Å². The van der Waals surface area contributed by atoms with Gasteiger partial charge in [-0.2, -0.15) is 5.10 Å². The van der Waals surface area contributed by atoms with Crippen molar-refractivity contribution in [2.75, 3.05) is 13.2 Å². The maximum Gasteiger partial charge on any atom is 0.241 e. The van der Waals surface area contributed by atoms with Crippen molar-refractivity contribution in [3.8, 4) is 5.75 Å². The normalized spacial score (nSPS) is 16.5. The first kappa shape index (κ1) is 16.5. The third kappa shape index (κ3) is 3.59. The van der Waals surface area contributed by atoms with Gasteiger partial charge < -0.3 is 15.8 Å². The maximum atomic E-state index is 12.4. The van der Waals surface area contributed by atoms with Crippen LogP contribution in [0.15, 0.2) is 30.3 Å². The molecular weight excluding hydrogens is 304 g/mol. The summed E-state index contributed by atoms with van der Waals surface area (Å²) in [6.07, 6.45) is 2.11. The molecule has 1 aliphatic carbocycles. The van der Waals surface area contributed by atoms with E-state index in [1.54, 1.807) is 0 Å². The minimum Gasteiger partial charge on any atom is -0.493 e. The van der Waals surface area contributed by atoms with Crippen LogP contribution in [0.25, 0.3) is 0 Å². The average molecular weight is 328 g/mol. The third-order valence-electron chi connectivity index (χ3n) is 4.66. The number of nitrogens with one attached hydrogen (secondary N) is 2. The van der Waals surface area contributed by atoms with E-state index >= 15 is 0 Å². The van der Waals surface area contributed by atoms with Gasteiger partial charge in [0.25, 0.3) is 0 Å². The number of rotatable bonds is 7. The molecule has 1 aromatic heterocycles. The molecular formula is C18H24N4O2. The topological polar surface area (TPSA) is 93.0 Å². The molecule has 0 aliphatic heterocycles. The SMILES string of the molecule is Cc1n[nH]c(C)c1C(N)C(=O)NCC1(COc2ccccc2)CC1. The molecule has 24 heavy (non-hydrogen) atoms. The lowest BCUT2D eigenvalue weighted by Crippen LogP contribution is -2.39. The van der Waals surface area contributed by atoms with Gasteiger partial charge in [0.2, 0.25) is 5.91 Å². The molecule has 128 valence electrons. The summed E-state index contributed by atoms with van der Waals surface area (Å²) in [5.41, 5.74) is 8.51. The fraction of sp³-hybridized carbons (Fsp3) is 0.444. The maximum absolute atomic E-state index is 12.4. The molecule has 1 atom stereocenters. The minimum atomic E-state index is -0.699. The van der Waals surface area contributed by atoms with Gasteiger partial charge in [-0.1, -0.05) is 18.2 Å². The first-order valence-corrected chi connectivity index (χ1v) is 8.23. The Bertz CT molecular complexity index is 688. The van der Waals surface area contributed by atoms with E-state index in [-0.39, 0.29) is 11.3 Å². The highest BCUT2D eigenvalue weighted by molar-refractivity contribution is 5.83. The zero-order chi connectivity index (χ0) is 17.2. The molecule has 1 unspecified atom stereocenters. The summed E-state index contributed by atoms with van der Waals surface area (Å²) in [6.45, 7) is 4.92. The fourth-order valence-corrected chi connectivity index (χ4v) is 2.84. The Morgan fingerprint density at radius 1 is 1.38 bits per heavy atom. The zero-order valence-corrected chi connectivity index (χ0v) is 14.1. The number of benzene rings is 1. The predicted octanol–water partition coefficient (Wildman–Crippen LogP) is 2.00. The largest absolute Gasteiger partial charge is 0.493 e. The van der Waals surface area contributed by atoms with Crippen LogP contribution in [-0.2, 0) is 4.79 Å². The van der Waals surface area contributed by atoms with E-state index in [2.05, 4.69) is 15.5 Å². The molecule has 0 bridgehead atoms. The van der Waals surface area contributed by atoms with Crippen molar-refractivity contribution < 1.29 is 9.53 Å². The molecule has 6 heteroatoms. The molecule has 0 spiro atoms. The van der Waals surface area contributed by atoms with Crippen LogP contribution in [0.1, 0.15) is 35.8 Å². The monoisotopic (exact) mass is 328 g/mol. The van der Waals surface area contributed by atoms with E-state index in [0.717, 1.165) is 35.5 Å². The first-order chi connectivity index (χ1) is 11.5. The Morgan fingerprint density at radius 3 is 2.67 bits per heavy atom. The summed E-state index contributed by atoms with van der Waals surface area (Å²) in [6, 6.07) is 9.04. The lowest BCUT2D eigenvalue weighted by Gasteiger charge is -2.19. The lowest BCUT2D eigenvalue weighted by atomic mass is 10.0. The molecule has 0 radical (unpaired) electrons. The van der Waals surface area contributed by atoms with Gasteiger partial charge in [0.15, 0.2) is 0 Å². The number of H-pyrrole nitrogens is 1. The van der Waals surface area contributed by atoms with Crippen molar-refractivity contribution in [2.24, 2.45) is 11.1 Å². The zero-order valence-electron chi connectivity index (χ0n) is 14.1. The second-order valence-electron chi connectivity index (χ2n) is 6.64. The summed E-state index contributed by atoms with van der Waals surface area (Å²) in [7, 11) is 0. The van der Waals surface area contributed by atoms with Crippen molar-refractivity contribution >= 4 is 5.91 Å². The Kier molecular flexibility index (Phi) is 4.57. The molecule has 1 amide bonds. The molecule has 0 saturated heterocycles. The van der Waals surface area contributed by atoms with E-state index in [1.807, 2.05) is 44.2 Å².